The molecule has 6 nitrogen and oxygen atoms in total. The Morgan fingerprint density at radius 2 is 1.86 bits per heavy atom. The minimum absolute atomic E-state index is 0.285. The van der Waals surface area contributed by atoms with E-state index in [0.717, 1.165) is 44.4 Å². The summed E-state index contributed by atoms with van der Waals surface area (Å²) in [5.41, 5.74) is 0. The van der Waals surface area contributed by atoms with Crippen molar-refractivity contribution >= 4 is 5.96 Å². The van der Waals surface area contributed by atoms with Gasteiger partial charge in [-0.1, -0.05) is 12.8 Å². The van der Waals surface area contributed by atoms with Gasteiger partial charge in [-0.25, -0.2) is 0 Å². The average Bonchev–Trinajstić information content (AvgIpc) is 3.45. The summed E-state index contributed by atoms with van der Waals surface area (Å²) in [4.78, 5) is 12.3. The highest BCUT2D eigenvalue weighted by atomic mass is 16.3. The molecule has 0 aromatic carbocycles. The van der Waals surface area contributed by atoms with Crippen LogP contribution in [0.25, 0.3) is 0 Å². The van der Waals surface area contributed by atoms with Crippen molar-refractivity contribution in [3.63, 3.8) is 0 Å². The van der Waals surface area contributed by atoms with E-state index in [1.54, 1.807) is 6.26 Å². The Morgan fingerprint density at radius 1 is 1.11 bits per heavy atom. The van der Waals surface area contributed by atoms with Crippen LogP contribution >= 0.6 is 0 Å². The minimum Gasteiger partial charge on any atom is -0.468 e. The van der Waals surface area contributed by atoms with E-state index in [2.05, 4.69) is 31.1 Å². The molecule has 0 amide bonds. The molecular weight excluding hydrogens is 350 g/mol. The standard InChI is InChI=1S/C22H37N5O/c1-23-22(27-15-10-19(18-27)25-11-4-2-5-12-25)24-17-20(21-9-8-16-28-21)26-13-6-3-7-14-26/h8-9,16,19-20H,2-7,10-15,17-18H2,1H3,(H,23,24). The van der Waals surface area contributed by atoms with Crippen molar-refractivity contribution in [3.8, 4) is 0 Å². The Labute approximate surface area is 170 Å². The van der Waals surface area contributed by atoms with Crippen molar-refractivity contribution in [1.82, 2.24) is 20.0 Å². The Kier molecular flexibility index (Phi) is 6.91. The molecule has 0 radical (unpaired) electrons. The molecule has 1 N–H and O–H groups in total. The third-order valence-corrected chi connectivity index (χ3v) is 6.74. The molecule has 156 valence electrons. The topological polar surface area (TPSA) is 47.3 Å². The predicted molar refractivity (Wildman–Crippen MR) is 114 cm³/mol. The highest BCUT2D eigenvalue weighted by molar-refractivity contribution is 5.80. The molecule has 6 heteroatoms. The smallest absolute Gasteiger partial charge is 0.193 e. The molecule has 4 heterocycles. The maximum absolute atomic E-state index is 5.79. The maximum atomic E-state index is 5.79. The average molecular weight is 388 g/mol. The fraction of sp³-hybridized carbons (Fsp3) is 0.773. The van der Waals surface area contributed by atoms with Crippen LogP contribution in [0.1, 0.15) is 56.7 Å². The van der Waals surface area contributed by atoms with Gasteiger partial charge < -0.3 is 14.6 Å². The largest absolute Gasteiger partial charge is 0.468 e. The third kappa shape index (κ3) is 4.71. The van der Waals surface area contributed by atoms with Gasteiger partial charge in [0, 0.05) is 32.7 Å². The lowest BCUT2D eigenvalue weighted by atomic mass is 10.1. The van der Waals surface area contributed by atoms with Crippen LogP contribution in [-0.2, 0) is 0 Å². The number of nitrogens with zero attached hydrogens (tertiary/aromatic N) is 4. The van der Waals surface area contributed by atoms with E-state index in [1.165, 1.54) is 58.0 Å². The molecule has 0 spiro atoms. The van der Waals surface area contributed by atoms with Crippen LogP contribution < -0.4 is 5.32 Å². The Morgan fingerprint density at radius 3 is 2.54 bits per heavy atom. The fourth-order valence-corrected chi connectivity index (χ4v) is 5.16. The van der Waals surface area contributed by atoms with Crippen molar-refractivity contribution < 1.29 is 4.42 Å². The molecule has 3 aliphatic rings. The Balaban J connectivity index is 1.34. The second kappa shape index (κ2) is 9.79. The summed E-state index contributed by atoms with van der Waals surface area (Å²) in [6, 6.07) is 5.10. The molecule has 1 aromatic heterocycles. The van der Waals surface area contributed by atoms with Gasteiger partial charge in [-0.15, -0.1) is 0 Å². The lowest BCUT2D eigenvalue weighted by Crippen LogP contribution is -2.47. The van der Waals surface area contributed by atoms with Gasteiger partial charge in [0.05, 0.1) is 12.3 Å². The third-order valence-electron chi connectivity index (χ3n) is 6.74. The zero-order valence-corrected chi connectivity index (χ0v) is 17.5. The zero-order chi connectivity index (χ0) is 19.2. The molecule has 1 aromatic rings. The second-order valence-electron chi connectivity index (χ2n) is 8.54. The van der Waals surface area contributed by atoms with Gasteiger partial charge >= 0.3 is 0 Å². The molecule has 0 aliphatic carbocycles. The zero-order valence-electron chi connectivity index (χ0n) is 17.5. The van der Waals surface area contributed by atoms with E-state index in [-0.39, 0.29) is 6.04 Å². The summed E-state index contributed by atoms with van der Waals surface area (Å²) < 4.78 is 5.79. The van der Waals surface area contributed by atoms with Gasteiger partial charge in [0.1, 0.15) is 5.76 Å². The Hall–Kier alpha value is -1.53. The molecule has 2 atom stereocenters. The first-order valence-electron chi connectivity index (χ1n) is 11.3. The summed E-state index contributed by atoms with van der Waals surface area (Å²) in [6.07, 6.45) is 11.1. The van der Waals surface area contributed by atoms with Crippen LogP contribution in [0.5, 0.6) is 0 Å². The first kappa shape index (κ1) is 19.8. The number of likely N-dealkylation sites (tertiary alicyclic amines) is 3. The van der Waals surface area contributed by atoms with Crippen molar-refractivity contribution in [1.29, 1.82) is 0 Å². The highest BCUT2D eigenvalue weighted by Crippen LogP contribution is 2.25. The molecule has 0 saturated carbocycles. The monoisotopic (exact) mass is 387 g/mol. The van der Waals surface area contributed by atoms with E-state index in [1.807, 2.05) is 13.1 Å². The minimum atomic E-state index is 0.285. The molecule has 2 unspecified atom stereocenters. The summed E-state index contributed by atoms with van der Waals surface area (Å²) >= 11 is 0. The number of piperidine rings is 2. The van der Waals surface area contributed by atoms with Gasteiger partial charge in [-0.2, -0.15) is 0 Å². The predicted octanol–water partition coefficient (Wildman–Crippen LogP) is 2.94. The van der Waals surface area contributed by atoms with Gasteiger partial charge in [0.15, 0.2) is 5.96 Å². The number of guanidine groups is 1. The number of hydrogen-bond donors (Lipinski definition) is 1. The van der Waals surface area contributed by atoms with Crippen LogP contribution in [0.3, 0.4) is 0 Å². The molecular formula is C22H37N5O. The van der Waals surface area contributed by atoms with E-state index in [0.29, 0.717) is 6.04 Å². The number of rotatable bonds is 5. The van der Waals surface area contributed by atoms with Gasteiger partial charge in [0.2, 0.25) is 0 Å². The number of hydrogen-bond acceptors (Lipinski definition) is 4. The first-order chi connectivity index (χ1) is 13.8. The normalized spacial score (nSPS) is 26.5. The van der Waals surface area contributed by atoms with Gasteiger partial charge in [0.25, 0.3) is 0 Å². The number of aliphatic imine (C=N–C) groups is 1. The van der Waals surface area contributed by atoms with E-state index < -0.39 is 0 Å². The highest BCUT2D eigenvalue weighted by Gasteiger charge is 2.31. The molecule has 3 aliphatic heterocycles. The van der Waals surface area contributed by atoms with Crippen molar-refractivity contribution in [3.05, 3.63) is 24.2 Å². The SMILES string of the molecule is CN=C(NCC(c1ccco1)N1CCCCC1)N1CCC(N2CCCCC2)C1. The summed E-state index contributed by atoms with van der Waals surface area (Å²) in [6.45, 7) is 7.94. The molecule has 28 heavy (non-hydrogen) atoms. The van der Waals surface area contributed by atoms with Crippen LogP contribution in [0.2, 0.25) is 0 Å². The van der Waals surface area contributed by atoms with Crippen LogP contribution in [-0.4, -0.2) is 79.6 Å². The van der Waals surface area contributed by atoms with Crippen LogP contribution in [0.4, 0.5) is 0 Å². The second-order valence-corrected chi connectivity index (χ2v) is 8.54. The van der Waals surface area contributed by atoms with Crippen LogP contribution in [0, 0.1) is 0 Å². The number of furan rings is 1. The van der Waals surface area contributed by atoms with Gasteiger partial charge in [-0.05, 0) is 70.4 Å². The van der Waals surface area contributed by atoms with E-state index in [9.17, 15) is 0 Å². The molecule has 3 saturated heterocycles. The van der Waals surface area contributed by atoms with E-state index >= 15 is 0 Å². The summed E-state index contributed by atoms with van der Waals surface area (Å²) in [5.74, 6) is 2.12. The summed E-state index contributed by atoms with van der Waals surface area (Å²) in [7, 11) is 1.92. The van der Waals surface area contributed by atoms with Crippen molar-refractivity contribution in [2.75, 3.05) is 52.9 Å². The molecule has 4 rings (SSSR count). The Bertz CT molecular complexity index is 604. The van der Waals surface area contributed by atoms with Crippen molar-refractivity contribution in [2.24, 2.45) is 4.99 Å². The molecule has 3 fully saturated rings. The van der Waals surface area contributed by atoms with Crippen molar-refractivity contribution in [2.45, 2.75) is 57.0 Å². The molecule has 0 bridgehead atoms. The summed E-state index contributed by atoms with van der Waals surface area (Å²) in [5, 5.41) is 3.68. The number of nitrogens with one attached hydrogen (secondary N) is 1. The lowest BCUT2D eigenvalue weighted by molar-refractivity contribution is 0.145. The first-order valence-corrected chi connectivity index (χ1v) is 11.3. The maximum Gasteiger partial charge on any atom is 0.193 e. The fourth-order valence-electron chi connectivity index (χ4n) is 5.16. The van der Waals surface area contributed by atoms with E-state index in [4.69, 9.17) is 4.42 Å². The quantitative estimate of drug-likeness (QED) is 0.622. The van der Waals surface area contributed by atoms with Gasteiger partial charge in [-0.3, -0.25) is 14.8 Å². The lowest BCUT2D eigenvalue weighted by Gasteiger charge is -2.35. The van der Waals surface area contributed by atoms with Crippen LogP contribution in [0.15, 0.2) is 27.8 Å².